The van der Waals surface area contributed by atoms with Crippen LogP contribution in [0.15, 0.2) is 0 Å². The number of nitrogens with one attached hydrogen (secondary N) is 1. The monoisotopic (exact) mass is 307 g/mol. The quantitative estimate of drug-likeness (QED) is 0.629. The Morgan fingerprint density at radius 2 is 2.00 bits per heavy atom. The topological polar surface area (TPSA) is 79.0 Å². The third kappa shape index (κ3) is 6.65. The Balaban J connectivity index is 2.45. The fourth-order valence-electron chi connectivity index (χ4n) is 1.92. The highest BCUT2D eigenvalue weighted by molar-refractivity contribution is 7.88. The Hall–Kier alpha value is -0.700. The number of carbonyl (C=O) groups excluding carboxylic acids is 1. The van der Waals surface area contributed by atoms with Crippen LogP contribution in [0.1, 0.15) is 13.3 Å². The summed E-state index contributed by atoms with van der Waals surface area (Å²) in [6.07, 6.45) is 1.97. The Morgan fingerprint density at radius 3 is 2.55 bits per heavy atom. The van der Waals surface area contributed by atoms with Crippen molar-refractivity contribution in [2.45, 2.75) is 13.3 Å². The normalized spacial score (nSPS) is 17.4. The average molecular weight is 307 g/mol. The van der Waals surface area contributed by atoms with Crippen molar-refractivity contribution in [1.82, 2.24) is 14.5 Å². The molecule has 1 aliphatic heterocycles. The van der Waals surface area contributed by atoms with Gasteiger partial charge in [0.1, 0.15) is 0 Å². The van der Waals surface area contributed by atoms with Crippen LogP contribution in [-0.4, -0.2) is 82.3 Å². The van der Waals surface area contributed by atoms with Gasteiger partial charge in [-0.25, -0.2) is 8.42 Å². The smallest absolute Gasteiger partial charge is 0.235 e. The lowest BCUT2D eigenvalue weighted by molar-refractivity contribution is -0.121. The first-order valence-electron chi connectivity index (χ1n) is 6.95. The molecule has 1 amide bonds. The maximum atomic E-state index is 11.7. The third-order valence-corrected chi connectivity index (χ3v) is 4.38. The van der Waals surface area contributed by atoms with Crippen molar-refractivity contribution in [3.8, 4) is 0 Å². The highest BCUT2D eigenvalue weighted by atomic mass is 32.2. The van der Waals surface area contributed by atoms with Gasteiger partial charge in [-0.05, 0) is 6.42 Å². The van der Waals surface area contributed by atoms with Gasteiger partial charge in [0.15, 0.2) is 0 Å². The van der Waals surface area contributed by atoms with Crippen molar-refractivity contribution in [3.63, 3.8) is 0 Å². The fourth-order valence-corrected chi connectivity index (χ4v) is 2.69. The third-order valence-electron chi connectivity index (χ3n) is 3.13. The summed E-state index contributed by atoms with van der Waals surface area (Å²) in [5, 5.41) is 2.69. The molecule has 1 heterocycles. The summed E-state index contributed by atoms with van der Waals surface area (Å²) in [7, 11) is -3.37. The molecule has 0 aromatic heterocycles. The van der Waals surface area contributed by atoms with Gasteiger partial charge in [0.25, 0.3) is 0 Å². The van der Waals surface area contributed by atoms with Crippen molar-refractivity contribution >= 4 is 15.9 Å². The molecule has 1 fully saturated rings. The van der Waals surface area contributed by atoms with Crippen LogP contribution < -0.4 is 5.32 Å². The molecule has 1 rings (SSSR count). The zero-order chi connectivity index (χ0) is 15.0. The van der Waals surface area contributed by atoms with E-state index in [-0.39, 0.29) is 12.5 Å². The molecular formula is C12H25N3O4S. The molecule has 0 atom stereocenters. The molecule has 1 N–H and O–H groups in total. The molecular weight excluding hydrogens is 282 g/mol. The van der Waals surface area contributed by atoms with E-state index in [4.69, 9.17) is 4.74 Å². The molecule has 1 aliphatic rings. The molecule has 0 aliphatic carbocycles. The van der Waals surface area contributed by atoms with Gasteiger partial charge in [-0.2, -0.15) is 4.31 Å². The van der Waals surface area contributed by atoms with Crippen LogP contribution in [0.4, 0.5) is 0 Å². The van der Waals surface area contributed by atoms with E-state index in [2.05, 4.69) is 10.2 Å². The SMILES string of the molecule is CCCNC(=O)CN(CCN1CCOCC1)S(C)(=O)=O. The molecule has 0 saturated carbocycles. The van der Waals surface area contributed by atoms with E-state index in [0.29, 0.717) is 32.8 Å². The van der Waals surface area contributed by atoms with E-state index < -0.39 is 10.0 Å². The summed E-state index contributed by atoms with van der Waals surface area (Å²) >= 11 is 0. The maximum absolute atomic E-state index is 11.7. The van der Waals surface area contributed by atoms with Crippen LogP contribution in [0.25, 0.3) is 0 Å². The fraction of sp³-hybridized carbons (Fsp3) is 0.917. The highest BCUT2D eigenvalue weighted by Gasteiger charge is 2.21. The summed E-state index contributed by atoms with van der Waals surface area (Å²) in [6, 6.07) is 0. The molecule has 7 nitrogen and oxygen atoms in total. The summed E-state index contributed by atoms with van der Waals surface area (Å²) in [6.45, 7) is 6.33. The molecule has 0 spiro atoms. The first-order valence-corrected chi connectivity index (χ1v) is 8.80. The second kappa shape index (κ2) is 8.56. The van der Waals surface area contributed by atoms with Crippen molar-refractivity contribution in [2.75, 3.05) is 58.7 Å². The summed E-state index contributed by atoms with van der Waals surface area (Å²) < 4.78 is 29.9. The lowest BCUT2D eigenvalue weighted by Gasteiger charge is -2.28. The molecule has 0 radical (unpaired) electrons. The number of nitrogens with zero attached hydrogens (tertiary/aromatic N) is 2. The van der Waals surface area contributed by atoms with Crippen LogP contribution in [0.2, 0.25) is 0 Å². The number of hydrogen-bond acceptors (Lipinski definition) is 5. The van der Waals surface area contributed by atoms with Gasteiger partial charge in [0.2, 0.25) is 15.9 Å². The van der Waals surface area contributed by atoms with Gasteiger partial charge in [0.05, 0.1) is 26.0 Å². The molecule has 8 heteroatoms. The van der Waals surface area contributed by atoms with Crippen LogP contribution in [0.3, 0.4) is 0 Å². The molecule has 0 aromatic rings. The van der Waals surface area contributed by atoms with Crippen LogP contribution in [0.5, 0.6) is 0 Å². The minimum absolute atomic E-state index is 0.108. The summed E-state index contributed by atoms with van der Waals surface area (Å²) in [5.74, 6) is -0.251. The number of hydrogen-bond donors (Lipinski definition) is 1. The molecule has 0 bridgehead atoms. The lowest BCUT2D eigenvalue weighted by atomic mass is 10.4. The van der Waals surface area contributed by atoms with Crippen molar-refractivity contribution in [1.29, 1.82) is 0 Å². The van der Waals surface area contributed by atoms with Crippen LogP contribution >= 0.6 is 0 Å². The zero-order valence-corrected chi connectivity index (χ0v) is 13.1. The Kier molecular flexibility index (Phi) is 7.42. The molecule has 0 unspecified atom stereocenters. The number of ether oxygens (including phenoxy) is 1. The number of sulfonamides is 1. The van der Waals surface area contributed by atoms with Gasteiger partial charge < -0.3 is 10.1 Å². The van der Waals surface area contributed by atoms with Gasteiger partial charge in [-0.3, -0.25) is 9.69 Å². The van der Waals surface area contributed by atoms with E-state index in [1.165, 1.54) is 4.31 Å². The van der Waals surface area contributed by atoms with Crippen LogP contribution in [-0.2, 0) is 19.6 Å². The number of amides is 1. The Labute approximate surface area is 121 Å². The zero-order valence-electron chi connectivity index (χ0n) is 12.3. The van der Waals surface area contributed by atoms with Crippen molar-refractivity contribution in [2.24, 2.45) is 0 Å². The largest absolute Gasteiger partial charge is 0.379 e. The van der Waals surface area contributed by atoms with E-state index in [1.807, 2.05) is 6.92 Å². The van der Waals surface area contributed by atoms with Crippen molar-refractivity contribution in [3.05, 3.63) is 0 Å². The van der Waals surface area contributed by atoms with Gasteiger partial charge in [-0.1, -0.05) is 6.92 Å². The van der Waals surface area contributed by atoms with E-state index >= 15 is 0 Å². The van der Waals surface area contributed by atoms with Crippen LogP contribution in [0, 0.1) is 0 Å². The standard InChI is InChI=1S/C12H25N3O4S/c1-3-4-13-12(16)11-15(20(2,17)18)6-5-14-7-9-19-10-8-14/h3-11H2,1-2H3,(H,13,16). The Morgan fingerprint density at radius 1 is 1.35 bits per heavy atom. The number of carbonyl (C=O) groups is 1. The lowest BCUT2D eigenvalue weighted by Crippen LogP contribution is -2.46. The Bertz CT molecular complexity index is 394. The predicted molar refractivity (Wildman–Crippen MR) is 77.0 cm³/mol. The predicted octanol–water partition coefficient (Wildman–Crippen LogP) is -0.894. The summed E-state index contributed by atoms with van der Waals surface area (Å²) in [5.41, 5.74) is 0. The average Bonchev–Trinajstić information content (AvgIpc) is 2.41. The van der Waals surface area contributed by atoms with Crippen molar-refractivity contribution < 1.29 is 17.9 Å². The van der Waals surface area contributed by atoms with E-state index in [1.54, 1.807) is 0 Å². The first-order chi connectivity index (χ1) is 9.43. The maximum Gasteiger partial charge on any atom is 0.235 e. The number of morpholine rings is 1. The minimum atomic E-state index is -3.37. The second-order valence-electron chi connectivity index (χ2n) is 4.90. The summed E-state index contributed by atoms with van der Waals surface area (Å²) in [4.78, 5) is 13.8. The molecule has 20 heavy (non-hydrogen) atoms. The minimum Gasteiger partial charge on any atom is -0.379 e. The van der Waals surface area contributed by atoms with Gasteiger partial charge >= 0.3 is 0 Å². The van der Waals surface area contributed by atoms with Gasteiger partial charge in [-0.15, -0.1) is 0 Å². The number of rotatable bonds is 8. The molecule has 0 aromatic carbocycles. The molecule has 118 valence electrons. The highest BCUT2D eigenvalue weighted by Crippen LogP contribution is 2.01. The van der Waals surface area contributed by atoms with E-state index in [0.717, 1.165) is 25.8 Å². The van der Waals surface area contributed by atoms with Gasteiger partial charge in [0, 0.05) is 32.7 Å². The second-order valence-corrected chi connectivity index (χ2v) is 6.88. The molecule has 1 saturated heterocycles. The van der Waals surface area contributed by atoms with E-state index in [9.17, 15) is 13.2 Å². The first kappa shape index (κ1) is 17.4.